The lowest BCUT2D eigenvalue weighted by molar-refractivity contribution is -0.0212. The SMILES string of the molecule is CC1(C)C[C@@H](Cl)C[C@@](C)(O)C1. The van der Waals surface area contributed by atoms with E-state index < -0.39 is 5.60 Å². The van der Waals surface area contributed by atoms with Crippen molar-refractivity contribution < 1.29 is 5.11 Å². The quantitative estimate of drug-likeness (QED) is 0.563. The molecule has 0 spiro atoms. The summed E-state index contributed by atoms with van der Waals surface area (Å²) in [5, 5.41) is 9.94. The van der Waals surface area contributed by atoms with Crippen molar-refractivity contribution >= 4 is 11.6 Å². The standard InChI is InChI=1S/C9H17ClO/c1-8(2)4-7(10)5-9(3,11)6-8/h7,11H,4-6H2,1-3H3/t7-,9-/m1/s1. The topological polar surface area (TPSA) is 20.2 Å². The molecule has 1 fully saturated rings. The summed E-state index contributed by atoms with van der Waals surface area (Å²) in [6, 6.07) is 0. The number of rotatable bonds is 0. The minimum atomic E-state index is -0.547. The van der Waals surface area contributed by atoms with Crippen molar-refractivity contribution in [2.75, 3.05) is 0 Å². The molecule has 0 aliphatic heterocycles. The van der Waals surface area contributed by atoms with Crippen LogP contribution < -0.4 is 0 Å². The maximum absolute atomic E-state index is 9.80. The Hall–Kier alpha value is 0.250. The first-order valence-electron chi connectivity index (χ1n) is 4.17. The highest BCUT2D eigenvalue weighted by atomic mass is 35.5. The van der Waals surface area contributed by atoms with Gasteiger partial charge in [-0.2, -0.15) is 0 Å². The molecule has 1 saturated carbocycles. The van der Waals surface area contributed by atoms with Gasteiger partial charge >= 0.3 is 0 Å². The molecule has 66 valence electrons. The van der Waals surface area contributed by atoms with Crippen molar-refractivity contribution in [1.82, 2.24) is 0 Å². The van der Waals surface area contributed by atoms with Crippen molar-refractivity contribution in [3.63, 3.8) is 0 Å². The van der Waals surface area contributed by atoms with Gasteiger partial charge in [0.25, 0.3) is 0 Å². The summed E-state index contributed by atoms with van der Waals surface area (Å²) in [4.78, 5) is 0. The zero-order valence-corrected chi connectivity index (χ0v) is 8.28. The Morgan fingerprint density at radius 2 is 1.82 bits per heavy atom. The van der Waals surface area contributed by atoms with Crippen LogP contribution in [0.2, 0.25) is 0 Å². The van der Waals surface area contributed by atoms with Crippen molar-refractivity contribution in [2.45, 2.75) is 51.0 Å². The van der Waals surface area contributed by atoms with Crippen molar-refractivity contribution in [1.29, 1.82) is 0 Å². The van der Waals surface area contributed by atoms with Crippen LogP contribution in [0.15, 0.2) is 0 Å². The van der Waals surface area contributed by atoms with E-state index in [1.165, 1.54) is 0 Å². The van der Waals surface area contributed by atoms with E-state index in [4.69, 9.17) is 11.6 Å². The van der Waals surface area contributed by atoms with Crippen molar-refractivity contribution in [3.8, 4) is 0 Å². The molecule has 0 aromatic heterocycles. The lowest BCUT2D eigenvalue weighted by Crippen LogP contribution is -2.40. The molecule has 2 atom stereocenters. The van der Waals surface area contributed by atoms with Gasteiger partial charge in [-0.1, -0.05) is 13.8 Å². The first-order chi connectivity index (χ1) is 4.81. The van der Waals surface area contributed by atoms with Gasteiger partial charge in [0.2, 0.25) is 0 Å². The van der Waals surface area contributed by atoms with E-state index in [1.807, 2.05) is 6.92 Å². The molecule has 2 heteroatoms. The number of alkyl halides is 1. The smallest absolute Gasteiger partial charge is 0.0639 e. The van der Waals surface area contributed by atoms with Crippen molar-refractivity contribution in [2.24, 2.45) is 5.41 Å². The van der Waals surface area contributed by atoms with Crippen LogP contribution in [0.4, 0.5) is 0 Å². The molecule has 0 aromatic rings. The molecule has 1 nitrogen and oxygen atoms in total. The molecule has 1 aliphatic carbocycles. The minimum absolute atomic E-state index is 0.147. The molecule has 1 aliphatic rings. The van der Waals surface area contributed by atoms with E-state index in [-0.39, 0.29) is 10.8 Å². The van der Waals surface area contributed by atoms with Gasteiger partial charge in [0.15, 0.2) is 0 Å². The number of hydrogen-bond donors (Lipinski definition) is 1. The van der Waals surface area contributed by atoms with E-state index in [9.17, 15) is 5.11 Å². The average Bonchev–Trinajstić information content (AvgIpc) is 1.49. The van der Waals surface area contributed by atoms with Gasteiger partial charge < -0.3 is 5.11 Å². The van der Waals surface area contributed by atoms with Gasteiger partial charge in [-0.15, -0.1) is 11.6 Å². The first-order valence-corrected chi connectivity index (χ1v) is 4.61. The average molecular weight is 177 g/mol. The third-order valence-corrected chi connectivity index (χ3v) is 2.60. The lowest BCUT2D eigenvalue weighted by atomic mass is 9.70. The van der Waals surface area contributed by atoms with Gasteiger partial charge in [-0.3, -0.25) is 0 Å². The first kappa shape index (κ1) is 9.34. The van der Waals surface area contributed by atoms with Crippen LogP contribution in [0, 0.1) is 5.41 Å². The molecule has 0 amide bonds. The molecule has 0 unspecified atom stereocenters. The zero-order valence-electron chi connectivity index (χ0n) is 7.52. The maximum Gasteiger partial charge on any atom is 0.0639 e. The van der Waals surface area contributed by atoms with Crippen LogP contribution in [0.5, 0.6) is 0 Å². The van der Waals surface area contributed by atoms with E-state index in [0.29, 0.717) is 0 Å². The number of hydrogen-bond acceptors (Lipinski definition) is 1. The Bertz CT molecular complexity index is 136. The summed E-state index contributed by atoms with van der Waals surface area (Å²) in [6.07, 6.45) is 2.62. The fourth-order valence-electron chi connectivity index (χ4n) is 2.32. The van der Waals surface area contributed by atoms with Gasteiger partial charge in [0, 0.05) is 5.38 Å². The van der Waals surface area contributed by atoms with Gasteiger partial charge in [0.1, 0.15) is 0 Å². The molecule has 0 heterocycles. The normalized spacial score (nSPS) is 43.9. The molecule has 11 heavy (non-hydrogen) atoms. The minimum Gasteiger partial charge on any atom is -0.390 e. The van der Waals surface area contributed by atoms with Crippen LogP contribution in [-0.4, -0.2) is 16.1 Å². The van der Waals surface area contributed by atoms with E-state index in [1.54, 1.807) is 0 Å². The second-order valence-corrected chi connectivity index (χ2v) is 5.46. The molecule has 0 bridgehead atoms. The fraction of sp³-hybridized carbons (Fsp3) is 1.00. The Kier molecular flexibility index (Phi) is 2.24. The monoisotopic (exact) mass is 176 g/mol. The second kappa shape index (κ2) is 2.63. The number of aliphatic hydroxyl groups is 1. The molecule has 1 rings (SSSR count). The van der Waals surface area contributed by atoms with E-state index in [0.717, 1.165) is 19.3 Å². The Morgan fingerprint density at radius 3 is 2.18 bits per heavy atom. The highest BCUT2D eigenvalue weighted by molar-refractivity contribution is 6.20. The molecular formula is C9H17ClO. The molecule has 1 N–H and O–H groups in total. The Balaban J connectivity index is 2.66. The summed E-state index contributed by atoms with van der Waals surface area (Å²) in [5.41, 5.74) is -0.345. The molecular weight excluding hydrogens is 160 g/mol. The summed E-state index contributed by atoms with van der Waals surface area (Å²) in [7, 11) is 0. The fourth-order valence-corrected chi connectivity index (χ4v) is 3.07. The van der Waals surface area contributed by atoms with Crippen LogP contribution in [0.1, 0.15) is 40.0 Å². The van der Waals surface area contributed by atoms with Crippen LogP contribution in [-0.2, 0) is 0 Å². The predicted octanol–water partition coefficient (Wildman–Crippen LogP) is 2.55. The largest absolute Gasteiger partial charge is 0.390 e. The summed E-state index contributed by atoms with van der Waals surface area (Å²) in [6.45, 7) is 6.20. The zero-order chi connectivity index (χ0) is 8.70. The summed E-state index contributed by atoms with van der Waals surface area (Å²) in [5.74, 6) is 0. The highest BCUT2D eigenvalue weighted by Crippen LogP contribution is 2.42. The van der Waals surface area contributed by atoms with Crippen molar-refractivity contribution in [3.05, 3.63) is 0 Å². The van der Waals surface area contributed by atoms with E-state index >= 15 is 0 Å². The molecule has 0 saturated heterocycles. The summed E-state index contributed by atoms with van der Waals surface area (Å²) >= 11 is 6.03. The predicted molar refractivity (Wildman–Crippen MR) is 47.9 cm³/mol. The summed E-state index contributed by atoms with van der Waals surface area (Å²) < 4.78 is 0. The van der Waals surface area contributed by atoms with Crippen LogP contribution in [0.3, 0.4) is 0 Å². The molecule has 0 aromatic carbocycles. The number of halogens is 1. The van der Waals surface area contributed by atoms with Gasteiger partial charge in [-0.05, 0) is 31.6 Å². The highest BCUT2D eigenvalue weighted by Gasteiger charge is 2.39. The Morgan fingerprint density at radius 1 is 1.27 bits per heavy atom. The van der Waals surface area contributed by atoms with Gasteiger partial charge in [0.05, 0.1) is 5.60 Å². The molecule has 0 radical (unpaired) electrons. The third kappa shape index (κ3) is 2.64. The lowest BCUT2D eigenvalue weighted by Gasteiger charge is -2.41. The Labute approximate surface area is 73.8 Å². The van der Waals surface area contributed by atoms with E-state index in [2.05, 4.69) is 13.8 Å². The van der Waals surface area contributed by atoms with Crippen LogP contribution >= 0.6 is 11.6 Å². The van der Waals surface area contributed by atoms with Gasteiger partial charge in [-0.25, -0.2) is 0 Å². The second-order valence-electron chi connectivity index (χ2n) is 4.84. The van der Waals surface area contributed by atoms with Crippen LogP contribution in [0.25, 0.3) is 0 Å². The third-order valence-electron chi connectivity index (χ3n) is 2.29. The maximum atomic E-state index is 9.80.